The summed E-state index contributed by atoms with van der Waals surface area (Å²) in [4.78, 5) is 22.8. The summed E-state index contributed by atoms with van der Waals surface area (Å²) in [7, 11) is 0. The molecule has 0 aromatic heterocycles. The van der Waals surface area contributed by atoms with Gasteiger partial charge in [-0.1, -0.05) is 0 Å². The first kappa shape index (κ1) is 14.0. The fraction of sp³-hybridized carbons (Fsp3) is 0.417. The molecule has 0 radical (unpaired) electrons. The van der Waals surface area contributed by atoms with Gasteiger partial charge in [0.15, 0.2) is 0 Å². The highest BCUT2D eigenvalue weighted by molar-refractivity contribution is 5.72. The number of nitro benzene ring substituents is 1. The number of nitro groups is 1. The zero-order valence-electron chi connectivity index (χ0n) is 10.7. The lowest BCUT2D eigenvalue weighted by Crippen LogP contribution is -2.44. The van der Waals surface area contributed by atoms with Crippen molar-refractivity contribution >= 4 is 17.4 Å². The number of likely N-dealkylation sites (tertiary alicyclic amines) is 1. The smallest absolute Gasteiger partial charge is 0.314 e. The highest BCUT2D eigenvalue weighted by atomic mass is 19.1. The van der Waals surface area contributed by atoms with Crippen LogP contribution in [0.4, 0.5) is 20.6 Å². The molecule has 0 unspecified atom stereocenters. The Morgan fingerprint density at radius 2 is 2.10 bits per heavy atom. The van der Waals surface area contributed by atoms with Crippen molar-refractivity contribution in [2.75, 3.05) is 18.4 Å². The van der Waals surface area contributed by atoms with E-state index in [1.54, 1.807) is 0 Å². The lowest BCUT2D eigenvalue weighted by molar-refractivity contribution is -0.384. The number of nitrogens with zero attached hydrogens (tertiary/aromatic N) is 2. The summed E-state index contributed by atoms with van der Waals surface area (Å²) >= 11 is 0. The minimum atomic E-state index is -0.555. The van der Waals surface area contributed by atoms with Crippen molar-refractivity contribution < 1.29 is 14.1 Å². The van der Waals surface area contributed by atoms with E-state index in [0.29, 0.717) is 25.9 Å². The van der Waals surface area contributed by atoms with Crippen LogP contribution in [0.5, 0.6) is 0 Å². The average Bonchev–Trinajstić information content (AvgIpc) is 2.39. The number of nitrogens with two attached hydrogens (primary N) is 1. The maximum Gasteiger partial charge on any atom is 0.314 e. The van der Waals surface area contributed by atoms with Crippen molar-refractivity contribution in [3.05, 3.63) is 34.1 Å². The van der Waals surface area contributed by atoms with Gasteiger partial charge in [0.25, 0.3) is 5.69 Å². The van der Waals surface area contributed by atoms with Crippen LogP contribution in [0.15, 0.2) is 18.2 Å². The third-order valence-electron chi connectivity index (χ3n) is 3.32. The molecule has 0 atom stereocenters. The van der Waals surface area contributed by atoms with Crippen LogP contribution in [0.25, 0.3) is 0 Å². The van der Waals surface area contributed by atoms with Gasteiger partial charge in [0.1, 0.15) is 11.5 Å². The second-order valence-corrected chi connectivity index (χ2v) is 4.66. The molecule has 1 saturated heterocycles. The summed E-state index contributed by atoms with van der Waals surface area (Å²) in [6.07, 6.45) is 1.22. The molecular formula is C12H15FN4O3. The van der Waals surface area contributed by atoms with Gasteiger partial charge < -0.3 is 16.0 Å². The first-order chi connectivity index (χ1) is 9.47. The zero-order chi connectivity index (χ0) is 14.7. The van der Waals surface area contributed by atoms with Gasteiger partial charge in [-0.15, -0.1) is 0 Å². The number of carbonyl (C=O) groups is 1. The number of rotatable bonds is 3. The summed E-state index contributed by atoms with van der Waals surface area (Å²) in [5.41, 5.74) is 5.17. The molecule has 7 nitrogen and oxygen atoms in total. The maximum absolute atomic E-state index is 13.2. The van der Waals surface area contributed by atoms with Gasteiger partial charge in [-0.2, -0.15) is 0 Å². The Labute approximate surface area is 114 Å². The summed E-state index contributed by atoms with van der Waals surface area (Å²) in [6, 6.07) is 2.78. The molecule has 8 heteroatoms. The normalized spacial score (nSPS) is 15.9. The first-order valence-corrected chi connectivity index (χ1v) is 6.22. The van der Waals surface area contributed by atoms with E-state index >= 15 is 0 Å². The second-order valence-electron chi connectivity index (χ2n) is 4.66. The van der Waals surface area contributed by atoms with E-state index < -0.39 is 16.8 Å². The molecule has 1 aromatic rings. The van der Waals surface area contributed by atoms with Gasteiger partial charge in [0.05, 0.1) is 4.92 Å². The van der Waals surface area contributed by atoms with Crippen LogP contribution in [0.2, 0.25) is 0 Å². The number of benzene rings is 1. The van der Waals surface area contributed by atoms with Crippen LogP contribution in [0.1, 0.15) is 12.8 Å². The quantitative estimate of drug-likeness (QED) is 0.650. The number of carbonyl (C=O) groups excluding carboxylic acids is 1. The molecule has 20 heavy (non-hydrogen) atoms. The third kappa shape index (κ3) is 3.14. The molecule has 3 N–H and O–H groups in total. The van der Waals surface area contributed by atoms with Gasteiger partial charge >= 0.3 is 6.03 Å². The van der Waals surface area contributed by atoms with Gasteiger partial charge in [0.2, 0.25) is 0 Å². The van der Waals surface area contributed by atoms with Gasteiger partial charge in [-0.25, -0.2) is 9.18 Å². The van der Waals surface area contributed by atoms with Crippen LogP contribution in [-0.4, -0.2) is 35.0 Å². The minimum Gasteiger partial charge on any atom is -0.377 e. The highest BCUT2D eigenvalue weighted by Crippen LogP contribution is 2.27. The SMILES string of the molecule is NC(=O)N1CCC(Nc2cc(F)ccc2[N+](=O)[O-])CC1. The van der Waals surface area contributed by atoms with E-state index in [4.69, 9.17) is 5.73 Å². The lowest BCUT2D eigenvalue weighted by Gasteiger charge is -2.31. The highest BCUT2D eigenvalue weighted by Gasteiger charge is 2.23. The van der Waals surface area contributed by atoms with Crippen molar-refractivity contribution in [3.8, 4) is 0 Å². The molecule has 1 aliphatic heterocycles. The molecule has 1 aliphatic rings. The van der Waals surface area contributed by atoms with Crippen LogP contribution in [0.3, 0.4) is 0 Å². The van der Waals surface area contributed by atoms with E-state index in [1.807, 2.05) is 0 Å². The van der Waals surface area contributed by atoms with Gasteiger partial charge in [0, 0.05) is 31.3 Å². The monoisotopic (exact) mass is 282 g/mol. The van der Waals surface area contributed by atoms with Gasteiger partial charge in [-0.05, 0) is 18.9 Å². The summed E-state index contributed by atoms with van der Waals surface area (Å²) in [5.74, 6) is -0.535. The molecular weight excluding hydrogens is 267 g/mol. The molecule has 0 aliphatic carbocycles. The second kappa shape index (κ2) is 5.72. The molecule has 0 saturated carbocycles. The van der Waals surface area contributed by atoms with Crippen molar-refractivity contribution in [1.29, 1.82) is 0 Å². The number of hydrogen-bond acceptors (Lipinski definition) is 4. The Balaban J connectivity index is 2.06. The van der Waals surface area contributed by atoms with Crippen LogP contribution in [-0.2, 0) is 0 Å². The fourth-order valence-corrected chi connectivity index (χ4v) is 2.25. The molecule has 0 spiro atoms. The number of halogens is 1. The number of nitrogens with one attached hydrogen (secondary N) is 1. The number of hydrogen-bond donors (Lipinski definition) is 2. The topological polar surface area (TPSA) is 102 Å². The summed E-state index contributed by atoms with van der Waals surface area (Å²) in [5, 5.41) is 13.9. The Hall–Kier alpha value is -2.38. The van der Waals surface area contributed by atoms with E-state index in [1.165, 1.54) is 4.90 Å². The Morgan fingerprint density at radius 3 is 2.65 bits per heavy atom. The molecule has 2 rings (SSSR count). The van der Waals surface area contributed by atoms with Crippen LogP contribution in [0, 0.1) is 15.9 Å². The number of amides is 2. The molecule has 1 heterocycles. The van der Waals surface area contributed by atoms with Crippen molar-refractivity contribution in [2.24, 2.45) is 5.73 Å². The Kier molecular flexibility index (Phi) is 4.02. The van der Waals surface area contributed by atoms with Crippen molar-refractivity contribution in [2.45, 2.75) is 18.9 Å². The number of primary amides is 1. The van der Waals surface area contributed by atoms with Crippen LogP contribution < -0.4 is 11.1 Å². The average molecular weight is 282 g/mol. The van der Waals surface area contributed by atoms with Crippen molar-refractivity contribution in [3.63, 3.8) is 0 Å². The van der Waals surface area contributed by atoms with E-state index in [0.717, 1.165) is 18.2 Å². The lowest BCUT2D eigenvalue weighted by atomic mass is 10.0. The molecule has 1 fully saturated rings. The van der Waals surface area contributed by atoms with E-state index in [-0.39, 0.29) is 17.4 Å². The Bertz CT molecular complexity index is 529. The number of urea groups is 1. The molecule has 0 bridgehead atoms. The van der Waals surface area contributed by atoms with Crippen LogP contribution >= 0.6 is 0 Å². The van der Waals surface area contributed by atoms with Crippen molar-refractivity contribution in [1.82, 2.24) is 4.90 Å². The maximum atomic E-state index is 13.2. The molecule has 2 amide bonds. The standard InChI is InChI=1S/C12H15FN4O3/c13-8-1-2-11(17(19)20)10(7-8)15-9-3-5-16(6-4-9)12(14)18/h1-2,7,9,15H,3-6H2,(H2,14,18). The van der Waals surface area contributed by atoms with Gasteiger partial charge in [-0.3, -0.25) is 10.1 Å². The summed E-state index contributed by atoms with van der Waals surface area (Å²) < 4.78 is 13.2. The predicted octanol–water partition coefficient (Wildman–Crippen LogP) is 1.69. The minimum absolute atomic E-state index is 0.0499. The van der Waals surface area contributed by atoms with E-state index in [2.05, 4.69) is 5.32 Å². The summed E-state index contributed by atoms with van der Waals surface area (Å²) in [6.45, 7) is 0.965. The first-order valence-electron chi connectivity index (χ1n) is 6.22. The Morgan fingerprint density at radius 1 is 1.45 bits per heavy atom. The predicted molar refractivity (Wildman–Crippen MR) is 70.9 cm³/mol. The number of anilines is 1. The third-order valence-corrected chi connectivity index (χ3v) is 3.32. The van der Waals surface area contributed by atoms with E-state index in [9.17, 15) is 19.3 Å². The fourth-order valence-electron chi connectivity index (χ4n) is 2.25. The largest absolute Gasteiger partial charge is 0.377 e. The number of piperidine rings is 1. The zero-order valence-corrected chi connectivity index (χ0v) is 10.7. The molecule has 1 aromatic carbocycles. The molecule has 108 valence electrons.